The Labute approximate surface area is 127 Å². The maximum absolute atomic E-state index is 12.0. The zero-order valence-electron chi connectivity index (χ0n) is 8.65. The quantitative estimate of drug-likeness (QED) is 0.836. The number of sulfonamides is 1. The molecule has 0 unspecified atom stereocenters. The molecule has 0 radical (unpaired) electrons. The van der Waals surface area contributed by atoms with Crippen LogP contribution in [0.15, 0.2) is 39.0 Å². The molecule has 0 aliphatic heterocycles. The molecule has 1 heterocycles. The highest BCUT2D eigenvalue weighted by Crippen LogP contribution is 2.30. The summed E-state index contributed by atoms with van der Waals surface area (Å²) in [6.07, 6.45) is 0. The van der Waals surface area contributed by atoms with Crippen molar-refractivity contribution in [2.45, 2.75) is 4.21 Å². The molecule has 2 rings (SSSR count). The molecule has 0 spiro atoms. The lowest BCUT2D eigenvalue weighted by atomic mass is 10.3. The Morgan fingerprint density at radius 3 is 2.44 bits per heavy atom. The number of halogens is 3. The summed E-state index contributed by atoms with van der Waals surface area (Å²) in [6.45, 7) is 0. The van der Waals surface area contributed by atoms with Gasteiger partial charge < -0.3 is 0 Å². The molecular formula is C10H6BrCl2NO2S2. The van der Waals surface area contributed by atoms with Crippen LogP contribution in [0.1, 0.15) is 0 Å². The van der Waals surface area contributed by atoms with Crippen molar-refractivity contribution in [1.82, 2.24) is 0 Å². The van der Waals surface area contributed by atoms with Gasteiger partial charge in [-0.25, -0.2) is 8.42 Å². The fourth-order valence-corrected chi connectivity index (χ4v) is 4.55. The Morgan fingerprint density at radius 2 is 1.89 bits per heavy atom. The van der Waals surface area contributed by atoms with Crippen LogP contribution in [0.25, 0.3) is 0 Å². The smallest absolute Gasteiger partial charge is 0.271 e. The van der Waals surface area contributed by atoms with E-state index in [1.807, 2.05) is 0 Å². The number of nitrogens with one attached hydrogen (secondary N) is 1. The fraction of sp³-hybridized carbons (Fsp3) is 0. The minimum atomic E-state index is -3.64. The third kappa shape index (κ3) is 3.19. The van der Waals surface area contributed by atoms with Crippen LogP contribution in [-0.4, -0.2) is 8.42 Å². The monoisotopic (exact) mass is 385 g/mol. The molecule has 18 heavy (non-hydrogen) atoms. The Morgan fingerprint density at radius 1 is 1.17 bits per heavy atom. The van der Waals surface area contributed by atoms with Crippen molar-refractivity contribution in [2.24, 2.45) is 0 Å². The molecule has 2 aromatic rings. The van der Waals surface area contributed by atoms with Crippen molar-refractivity contribution in [2.75, 3.05) is 4.72 Å². The third-order valence-electron chi connectivity index (χ3n) is 1.99. The Bertz CT molecular complexity index is 685. The number of thiophene rings is 1. The highest BCUT2D eigenvalue weighted by atomic mass is 79.9. The largest absolute Gasteiger partial charge is 0.277 e. The molecule has 1 aromatic carbocycles. The third-order valence-corrected chi connectivity index (χ3v) is 5.88. The molecule has 96 valence electrons. The first kappa shape index (κ1) is 14.1. The van der Waals surface area contributed by atoms with Crippen LogP contribution in [0.3, 0.4) is 0 Å². The second-order valence-electron chi connectivity index (χ2n) is 3.29. The van der Waals surface area contributed by atoms with Gasteiger partial charge in [-0.15, -0.1) is 11.3 Å². The molecule has 0 fully saturated rings. The molecule has 0 aliphatic rings. The van der Waals surface area contributed by atoms with E-state index < -0.39 is 10.0 Å². The summed E-state index contributed by atoms with van der Waals surface area (Å²) in [5.74, 6) is 0. The topological polar surface area (TPSA) is 46.2 Å². The van der Waals surface area contributed by atoms with Crippen LogP contribution in [0, 0.1) is 0 Å². The maximum atomic E-state index is 12.0. The van der Waals surface area contributed by atoms with Crippen molar-refractivity contribution in [3.8, 4) is 0 Å². The lowest BCUT2D eigenvalue weighted by Crippen LogP contribution is -2.11. The van der Waals surface area contributed by atoms with Gasteiger partial charge in [0, 0.05) is 4.47 Å². The summed E-state index contributed by atoms with van der Waals surface area (Å²) in [5, 5.41) is 0.315. The second kappa shape index (κ2) is 5.38. The molecule has 1 aromatic heterocycles. The van der Waals surface area contributed by atoms with E-state index in [0.717, 1.165) is 15.8 Å². The van der Waals surface area contributed by atoms with Gasteiger partial charge in [-0.05, 0) is 30.3 Å². The first-order valence-corrected chi connectivity index (χ1v) is 8.46. The molecule has 3 nitrogen and oxygen atoms in total. The number of rotatable bonds is 3. The van der Waals surface area contributed by atoms with E-state index in [1.54, 1.807) is 18.2 Å². The summed E-state index contributed by atoms with van der Waals surface area (Å²) in [7, 11) is -3.64. The van der Waals surface area contributed by atoms with E-state index in [0.29, 0.717) is 15.0 Å². The number of anilines is 1. The molecule has 8 heteroatoms. The van der Waals surface area contributed by atoms with Gasteiger partial charge in [0.25, 0.3) is 10.0 Å². The van der Waals surface area contributed by atoms with Crippen LogP contribution in [0.5, 0.6) is 0 Å². The van der Waals surface area contributed by atoms with Crippen molar-refractivity contribution in [3.63, 3.8) is 0 Å². The van der Waals surface area contributed by atoms with Crippen molar-refractivity contribution < 1.29 is 8.42 Å². The SMILES string of the molecule is O=S(=O)(Nc1ccc(Br)cc1Cl)c1ccc(Cl)s1. The maximum Gasteiger partial charge on any atom is 0.271 e. The predicted molar refractivity (Wildman–Crippen MR) is 79.3 cm³/mol. The summed E-state index contributed by atoms with van der Waals surface area (Å²) in [4.78, 5) is 0. The van der Waals surface area contributed by atoms with E-state index >= 15 is 0 Å². The van der Waals surface area contributed by atoms with Crippen molar-refractivity contribution in [1.29, 1.82) is 0 Å². The number of hydrogen-bond donors (Lipinski definition) is 1. The van der Waals surface area contributed by atoms with Crippen LogP contribution in [-0.2, 0) is 10.0 Å². The zero-order chi connectivity index (χ0) is 13.3. The summed E-state index contributed by atoms with van der Waals surface area (Å²) in [5.41, 5.74) is 0.324. The normalized spacial score (nSPS) is 11.5. The first-order valence-electron chi connectivity index (χ1n) is 4.62. The standard InChI is InChI=1S/C10H6BrCl2NO2S2/c11-6-1-2-8(7(12)5-6)14-18(15,16)10-4-3-9(13)17-10/h1-5,14H. The lowest BCUT2D eigenvalue weighted by molar-refractivity contribution is 0.603. The summed E-state index contributed by atoms with van der Waals surface area (Å²) in [6, 6.07) is 7.87. The minimum absolute atomic E-state index is 0.145. The second-order valence-corrected chi connectivity index (χ2v) is 8.24. The van der Waals surface area contributed by atoms with Crippen LogP contribution in [0.4, 0.5) is 5.69 Å². The average Bonchev–Trinajstić information content (AvgIpc) is 2.70. The molecule has 0 bridgehead atoms. The van der Waals surface area contributed by atoms with Crippen LogP contribution < -0.4 is 4.72 Å². The average molecular weight is 387 g/mol. The minimum Gasteiger partial charge on any atom is -0.277 e. The van der Waals surface area contributed by atoms with E-state index in [-0.39, 0.29) is 4.21 Å². The van der Waals surface area contributed by atoms with E-state index in [2.05, 4.69) is 20.7 Å². The van der Waals surface area contributed by atoms with Gasteiger partial charge in [0.15, 0.2) is 0 Å². The number of hydrogen-bond acceptors (Lipinski definition) is 3. The predicted octanol–water partition coefficient (Wildman–Crippen LogP) is 4.62. The van der Waals surface area contributed by atoms with Gasteiger partial charge in [0.05, 0.1) is 15.0 Å². The number of benzene rings is 1. The van der Waals surface area contributed by atoms with E-state index in [9.17, 15) is 8.42 Å². The fourth-order valence-electron chi connectivity index (χ4n) is 1.21. The van der Waals surface area contributed by atoms with Crippen molar-refractivity contribution >= 4 is 66.2 Å². The molecule has 0 atom stereocenters. The molecule has 0 saturated heterocycles. The highest BCUT2D eigenvalue weighted by Gasteiger charge is 2.17. The van der Waals surface area contributed by atoms with Gasteiger partial charge in [-0.3, -0.25) is 4.72 Å². The van der Waals surface area contributed by atoms with Gasteiger partial charge in [-0.1, -0.05) is 39.1 Å². The highest BCUT2D eigenvalue weighted by molar-refractivity contribution is 9.10. The molecular weight excluding hydrogens is 381 g/mol. The van der Waals surface area contributed by atoms with E-state index in [1.165, 1.54) is 12.1 Å². The van der Waals surface area contributed by atoms with Gasteiger partial charge in [0.1, 0.15) is 4.21 Å². The van der Waals surface area contributed by atoms with Crippen LogP contribution >= 0.6 is 50.5 Å². The molecule has 0 saturated carbocycles. The van der Waals surface area contributed by atoms with Gasteiger partial charge in [0.2, 0.25) is 0 Å². The van der Waals surface area contributed by atoms with Crippen LogP contribution in [0.2, 0.25) is 9.36 Å². The van der Waals surface area contributed by atoms with Crippen molar-refractivity contribution in [3.05, 3.63) is 44.2 Å². The summed E-state index contributed by atoms with van der Waals surface area (Å²) >= 11 is 15.9. The Kier molecular flexibility index (Phi) is 4.23. The Balaban J connectivity index is 2.33. The molecule has 0 aliphatic carbocycles. The van der Waals surface area contributed by atoms with Gasteiger partial charge >= 0.3 is 0 Å². The zero-order valence-corrected chi connectivity index (χ0v) is 13.4. The lowest BCUT2D eigenvalue weighted by Gasteiger charge is -2.08. The van der Waals surface area contributed by atoms with E-state index in [4.69, 9.17) is 23.2 Å². The van der Waals surface area contributed by atoms with Gasteiger partial charge in [-0.2, -0.15) is 0 Å². The Hall–Kier alpha value is -0.270. The first-order chi connectivity index (χ1) is 8.38. The molecule has 1 N–H and O–H groups in total. The summed E-state index contributed by atoms with van der Waals surface area (Å²) < 4.78 is 27.8. The molecule has 0 amide bonds.